The van der Waals surface area contributed by atoms with Gasteiger partial charge in [0, 0.05) is 0 Å². The second-order valence-electron chi connectivity index (χ2n) is 4.03. The van der Waals surface area contributed by atoms with Gasteiger partial charge < -0.3 is 0 Å². The molecule has 3 rings (SSSR count). The Morgan fingerprint density at radius 2 is 1.44 bits per heavy atom. The van der Waals surface area contributed by atoms with Crippen LogP contribution in [0.2, 0.25) is 5.02 Å². The van der Waals surface area contributed by atoms with E-state index in [4.69, 9.17) is 11.6 Å². The molecule has 0 heterocycles. The van der Waals surface area contributed by atoms with Gasteiger partial charge in [-0.2, -0.15) is 0 Å². The Morgan fingerprint density at radius 1 is 0.722 bits per heavy atom. The van der Waals surface area contributed by atoms with Crippen LogP contribution in [0.25, 0.3) is 10.8 Å². The van der Waals surface area contributed by atoms with Gasteiger partial charge >= 0.3 is 122 Å². The third-order valence-electron chi connectivity index (χ3n) is 2.79. The van der Waals surface area contributed by atoms with Crippen LogP contribution in [-0.4, -0.2) is 20.9 Å². The first-order chi connectivity index (χ1) is 8.83. The summed E-state index contributed by atoms with van der Waals surface area (Å²) in [6.45, 7) is 0. The summed E-state index contributed by atoms with van der Waals surface area (Å²) < 4.78 is 2.90. The van der Waals surface area contributed by atoms with Gasteiger partial charge in [0.25, 0.3) is 0 Å². The van der Waals surface area contributed by atoms with E-state index in [-0.39, 0.29) is 20.9 Å². The van der Waals surface area contributed by atoms with E-state index in [0.717, 1.165) is 5.02 Å². The number of benzene rings is 3. The van der Waals surface area contributed by atoms with Crippen LogP contribution in [0.5, 0.6) is 0 Å². The average molecular weight is 366 g/mol. The van der Waals surface area contributed by atoms with Gasteiger partial charge in [0.2, 0.25) is 0 Å². The Hall–Kier alpha value is -1.00. The molecule has 0 aliphatic rings. The zero-order chi connectivity index (χ0) is 12.4. The summed E-state index contributed by atoms with van der Waals surface area (Å²) >= 11 is 5.58. The fourth-order valence-corrected chi connectivity index (χ4v) is 4.80. The molecule has 2 heteroatoms. The fourth-order valence-electron chi connectivity index (χ4n) is 1.91. The van der Waals surface area contributed by atoms with E-state index in [1.807, 2.05) is 12.1 Å². The van der Waals surface area contributed by atoms with E-state index >= 15 is 0 Å². The first kappa shape index (κ1) is 12.1. The second-order valence-corrected chi connectivity index (χ2v) is 7.65. The Labute approximate surface area is 122 Å². The molecule has 3 aromatic rings. The van der Waals surface area contributed by atoms with Crippen LogP contribution in [0.15, 0.2) is 66.7 Å². The van der Waals surface area contributed by atoms with Crippen LogP contribution in [0.3, 0.4) is 0 Å². The molecule has 18 heavy (non-hydrogen) atoms. The monoisotopic (exact) mass is 368 g/mol. The zero-order valence-electron chi connectivity index (χ0n) is 9.64. The van der Waals surface area contributed by atoms with E-state index in [1.165, 1.54) is 18.0 Å². The fraction of sp³-hybridized carbons (Fsp3) is 0. The summed E-state index contributed by atoms with van der Waals surface area (Å²) in [5, 5.41) is 3.52. The Morgan fingerprint density at radius 3 is 2.28 bits per heavy atom. The van der Waals surface area contributed by atoms with Crippen LogP contribution in [0.1, 0.15) is 0 Å². The van der Waals surface area contributed by atoms with Gasteiger partial charge in [-0.05, 0) is 0 Å². The number of fused-ring (bicyclic) bond motifs is 1. The van der Waals surface area contributed by atoms with Gasteiger partial charge in [-0.15, -0.1) is 0 Å². The molecule has 3 aromatic carbocycles. The molecule has 0 saturated heterocycles. The molecule has 0 N–H and O–H groups in total. The minimum atomic E-state index is -0.343. The summed E-state index contributed by atoms with van der Waals surface area (Å²) in [7, 11) is 0. The van der Waals surface area contributed by atoms with E-state index in [0.29, 0.717) is 0 Å². The number of hydrogen-bond donors (Lipinski definition) is 0. The minimum absolute atomic E-state index is 0.343. The summed E-state index contributed by atoms with van der Waals surface area (Å²) in [4.78, 5) is 0. The topological polar surface area (TPSA) is 0 Å². The molecule has 0 radical (unpaired) electrons. The molecule has 0 bridgehead atoms. The van der Waals surface area contributed by atoms with Crippen LogP contribution in [0, 0.1) is 0 Å². The van der Waals surface area contributed by atoms with Gasteiger partial charge in [0.15, 0.2) is 0 Å². The molecule has 0 aliphatic heterocycles. The van der Waals surface area contributed by atoms with Crippen LogP contribution < -0.4 is 7.22 Å². The van der Waals surface area contributed by atoms with Crippen LogP contribution in [0.4, 0.5) is 0 Å². The molecule has 0 fully saturated rings. The first-order valence-corrected chi connectivity index (χ1v) is 8.45. The van der Waals surface area contributed by atoms with Crippen molar-refractivity contribution in [1.29, 1.82) is 0 Å². The summed E-state index contributed by atoms with van der Waals surface area (Å²) in [6.07, 6.45) is 0. The molecule has 88 valence electrons. The Bertz CT molecular complexity index is 669. The molecule has 0 unspecified atom stereocenters. The van der Waals surface area contributed by atoms with Crippen molar-refractivity contribution in [3.63, 3.8) is 0 Å². The molecule has 0 amide bonds. The molecule has 0 nitrogen and oxygen atoms in total. The zero-order valence-corrected chi connectivity index (χ0v) is 12.7. The first-order valence-electron chi connectivity index (χ1n) is 5.74. The number of halogens is 1. The van der Waals surface area contributed by atoms with Crippen LogP contribution >= 0.6 is 11.6 Å². The molecule has 0 aliphatic carbocycles. The standard InChI is InChI=1S/C16H11ClTe/c17-13-8-10-14(11-9-13)18-16-7-3-5-12-4-1-2-6-15(12)16/h1-11H. The van der Waals surface area contributed by atoms with Gasteiger partial charge in [-0.25, -0.2) is 0 Å². The predicted octanol–water partition coefficient (Wildman–Crippen LogP) is 3.15. The maximum absolute atomic E-state index is 5.92. The molecule has 0 aromatic heterocycles. The van der Waals surface area contributed by atoms with E-state index in [1.54, 1.807) is 0 Å². The van der Waals surface area contributed by atoms with Crippen molar-refractivity contribution in [2.24, 2.45) is 0 Å². The van der Waals surface area contributed by atoms with Crippen molar-refractivity contribution < 1.29 is 0 Å². The van der Waals surface area contributed by atoms with Crippen LogP contribution in [-0.2, 0) is 0 Å². The molecule has 0 spiro atoms. The van der Waals surface area contributed by atoms with Crippen molar-refractivity contribution in [3.05, 3.63) is 71.8 Å². The molecule has 0 atom stereocenters. The third-order valence-corrected chi connectivity index (χ3v) is 6.14. The summed E-state index contributed by atoms with van der Waals surface area (Å²) in [5.74, 6) is 0. The van der Waals surface area contributed by atoms with Gasteiger partial charge in [-0.1, -0.05) is 0 Å². The van der Waals surface area contributed by atoms with Gasteiger partial charge in [-0.3, -0.25) is 0 Å². The van der Waals surface area contributed by atoms with Crippen molar-refractivity contribution in [3.8, 4) is 0 Å². The predicted molar refractivity (Wildman–Crippen MR) is 80.4 cm³/mol. The molecule has 0 saturated carbocycles. The summed E-state index contributed by atoms with van der Waals surface area (Å²) in [5.41, 5.74) is 0. The SMILES string of the molecule is Clc1ccc([Te]c2cccc3ccccc23)cc1. The second kappa shape index (κ2) is 5.33. The average Bonchev–Trinajstić information content (AvgIpc) is 2.42. The van der Waals surface area contributed by atoms with Crippen molar-refractivity contribution >= 4 is 50.5 Å². The van der Waals surface area contributed by atoms with Crippen molar-refractivity contribution in [2.45, 2.75) is 0 Å². The maximum atomic E-state index is 5.92. The van der Waals surface area contributed by atoms with Gasteiger partial charge in [0.1, 0.15) is 0 Å². The quantitative estimate of drug-likeness (QED) is 0.612. The third kappa shape index (κ3) is 2.54. The normalized spacial score (nSPS) is 10.7. The Kier molecular flexibility index (Phi) is 3.57. The van der Waals surface area contributed by atoms with Gasteiger partial charge in [0.05, 0.1) is 0 Å². The summed E-state index contributed by atoms with van der Waals surface area (Å²) in [6, 6.07) is 23.4. The molecular weight excluding hydrogens is 355 g/mol. The van der Waals surface area contributed by atoms with Crippen molar-refractivity contribution in [1.82, 2.24) is 0 Å². The van der Waals surface area contributed by atoms with E-state index in [2.05, 4.69) is 54.6 Å². The number of rotatable bonds is 2. The number of hydrogen-bond acceptors (Lipinski definition) is 0. The Balaban J connectivity index is 2.02. The van der Waals surface area contributed by atoms with E-state index < -0.39 is 0 Å². The molecular formula is C16H11ClTe. The van der Waals surface area contributed by atoms with E-state index in [9.17, 15) is 0 Å². The van der Waals surface area contributed by atoms with Crippen molar-refractivity contribution in [2.75, 3.05) is 0 Å².